The van der Waals surface area contributed by atoms with Gasteiger partial charge in [-0.05, 0) is 30.3 Å². The predicted octanol–water partition coefficient (Wildman–Crippen LogP) is 6.17. The largest absolute Gasteiger partial charge is 0.416 e. The van der Waals surface area contributed by atoms with Crippen molar-refractivity contribution in [1.29, 1.82) is 0 Å². The van der Waals surface area contributed by atoms with Gasteiger partial charge in [0.25, 0.3) is 5.91 Å². The molecule has 0 bridgehead atoms. The van der Waals surface area contributed by atoms with E-state index < -0.39 is 17.6 Å². The maximum absolute atomic E-state index is 13.0. The molecule has 0 spiro atoms. The molecule has 4 rings (SSSR count). The first-order valence-electron chi connectivity index (χ1n) is 8.86. The molecule has 0 radical (unpaired) electrons. The van der Waals surface area contributed by atoms with E-state index in [0.717, 1.165) is 17.7 Å². The van der Waals surface area contributed by atoms with Crippen LogP contribution in [0, 0.1) is 0 Å². The first kappa shape index (κ1) is 18.7. The van der Waals surface area contributed by atoms with Crippen LogP contribution < -0.4 is 5.32 Å². The Morgan fingerprint density at radius 1 is 0.828 bits per heavy atom. The molecule has 3 nitrogen and oxygen atoms in total. The number of nitrogens with zero attached hydrogens (tertiary/aromatic N) is 1. The molecule has 6 heteroatoms. The zero-order valence-electron chi connectivity index (χ0n) is 15.1. The van der Waals surface area contributed by atoms with Crippen molar-refractivity contribution in [3.8, 4) is 11.3 Å². The lowest BCUT2D eigenvalue weighted by Gasteiger charge is -2.12. The van der Waals surface area contributed by atoms with Crippen molar-refractivity contribution in [3.63, 3.8) is 0 Å². The average Bonchev–Trinajstić information content (AvgIpc) is 2.73. The van der Waals surface area contributed by atoms with Crippen LogP contribution in [0.15, 0.2) is 84.9 Å². The summed E-state index contributed by atoms with van der Waals surface area (Å²) in [6, 6.07) is 22.8. The molecule has 0 atom stereocenters. The van der Waals surface area contributed by atoms with Crippen LogP contribution in [-0.2, 0) is 6.18 Å². The van der Waals surface area contributed by atoms with Gasteiger partial charge in [0.15, 0.2) is 0 Å². The highest BCUT2D eigenvalue weighted by molar-refractivity contribution is 6.13. The highest BCUT2D eigenvalue weighted by Crippen LogP contribution is 2.31. The van der Waals surface area contributed by atoms with Crippen LogP contribution >= 0.6 is 0 Å². The van der Waals surface area contributed by atoms with Gasteiger partial charge in [0.05, 0.1) is 22.3 Å². The van der Waals surface area contributed by atoms with E-state index in [1.165, 1.54) is 12.1 Å². The number of alkyl halides is 3. The summed E-state index contributed by atoms with van der Waals surface area (Å²) >= 11 is 0. The summed E-state index contributed by atoms with van der Waals surface area (Å²) in [7, 11) is 0. The second-order valence-electron chi connectivity index (χ2n) is 6.47. The second kappa shape index (κ2) is 7.39. The number of rotatable bonds is 3. The summed E-state index contributed by atoms with van der Waals surface area (Å²) < 4.78 is 38.9. The summed E-state index contributed by atoms with van der Waals surface area (Å²) in [6.45, 7) is 0. The molecule has 0 aliphatic heterocycles. The van der Waals surface area contributed by atoms with E-state index in [4.69, 9.17) is 0 Å². The molecule has 1 aromatic heterocycles. The second-order valence-corrected chi connectivity index (χ2v) is 6.47. The Hall–Kier alpha value is -3.67. The molecule has 0 aliphatic carbocycles. The SMILES string of the molecule is O=C(Nc1cccc(C(F)(F)F)c1)c1cc(-c2ccccc2)nc2ccccc12. The zero-order valence-corrected chi connectivity index (χ0v) is 15.1. The van der Waals surface area contributed by atoms with Crippen LogP contribution in [0.5, 0.6) is 0 Å². The Bertz CT molecular complexity index is 1190. The smallest absolute Gasteiger partial charge is 0.322 e. The van der Waals surface area contributed by atoms with Crippen LogP contribution in [0.3, 0.4) is 0 Å². The number of nitrogens with one attached hydrogen (secondary N) is 1. The van der Waals surface area contributed by atoms with Gasteiger partial charge in [0.1, 0.15) is 0 Å². The molecular weight excluding hydrogens is 377 g/mol. The third kappa shape index (κ3) is 3.96. The molecule has 1 N–H and O–H groups in total. The Morgan fingerprint density at radius 2 is 1.55 bits per heavy atom. The first-order valence-corrected chi connectivity index (χ1v) is 8.86. The number of benzene rings is 3. The summed E-state index contributed by atoms with van der Waals surface area (Å²) in [5.41, 5.74) is 1.67. The van der Waals surface area contributed by atoms with Crippen molar-refractivity contribution in [2.24, 2.45) is 0 Å². The van der Waals surface area contributed by atoms with E-state index in [2.05, 4.69) is 10.3 Å². The fraction of sp³-hybridized carbons (Fsp3) is 0.0435. The number of para-hydroxylation sites is 1. The number of anilines is 1. The molecule has 29 heavy (non-hydrogen) atoms. The highest BCUT2D eigenvalue weighted by Gasteiger charge is 2.30. The van der Waals surface area contributed by atoms with E-state index >= 15 is 0 Å². The molecule has 4 aromatic rings. The minimum absolute atomic E-state index is 0.0759. The maximum Gasteiger partial charge on any atom is 0.416 e. The van der Waals surface area contributed by atoms with E-state index in [9.17, 15) is 18.0 Å². The summed E-state index contributed by atoms with van der Waals surface area (Å²) in [6.07, 6.45) is -4.48. The maximum atomic E-state index is 13.0. The molecule has 144 valence electrons. The van der Waals surface area contributed by atoms with Gasteiger partial charge in [-0.2, -0.15) is 13.2 Å². The number of hydrogen-bond donors (Lipinski definition) is 1. The molecule has 0 fully saturated rings. The fourth-order valence-corrected chi connectivity index (χ4v) is 3.09. The van der Waals surface area contributed by atoms with Crippen molar-refractivity contribution in [2.75, 3.05) is 5.32 Å². The first-order chi connectivity index (χ1) is 13.9. The van der Waals surface area contributed by atoms with E-state index in [1.807, 2.05) is 36.4 Å². The zero-order chi connectivity index (χ0) is 20.4. The van der Waals surface area contributed by atoms with Gasteiger partial charge >= 0.3 is 6.18 Å². The molecular formula is C23H15F3N2O. The molecule has 3 aromatic carbocycles. The minimum atomic E-state index is -4.48. The van der Waals surface area contributed by atoms with E-state index in [0.29, 0.717) is 22.2 Å². The van der Waals surface area contributed by atoms with Crippen molar-refractivity contribution in [2.45, 2.75) is 6.18 Å². The van der Waals surface area contributed by atoms with Crippen LogP contribution in [-0.4, -0.2) is 10.9 Å². The molecule has 0 saturated carbocycles. The lowest BCUT2D eigenvalue weighted by molar-refractivity contribution is -0.137. The van der Waals surface area contributed by atoms with Crippen LogP contribution in [0.1, 0.15) is 15.9 Å². The minimum Gasteiger partial charge on any atom is -0.322 e. The lowest BCUT2D eigenvalue weighted by atomic mass is 10.0. The van der Waals surface area contributed by atoms with Crippen molar-refractivity contribution < 1.29 is 18.0 Å². The Balaban J connectivity index is 1.76. The standard InChI is InChI=1S/C23H15F3N2O/c24-23(25,26)16-9-6-10-17(13-16)27-22(29)19-14-21(15-7-2-1-3-8-15)28-20-12-5-4-11-18(19)20/h1-14H,(H,27,29). The van der Waals surface area contributed by atoms with Crippen LogP contribution in [0.2, 0.25) is 0 Å². The van der Waals surface area contributed by atoms with Gasteiger partial charge in [-0.1, -0.05) is 54.6 Å². The quantitative estimate of drug-likeness (QED) is 0.453. The van der Waals surface area contributed by atoms with E-state index in [-0.39, 0.29) is 5.69 Å². The van der Waals surface area contributed by atoms with Crippen LogP contribution in [0.25, 0.3) is 22.2 Å². The van der Waals surface area contributed by atoms with Crippen molar-refractivity contribution >= 4 is 22.5 Å². The lowest BCUT2D eigenvalue weighted by Crippen LogP contribution is -2.14. The molecule has 0 saturated heterocycles. The molecule has 0 unspecified atom stereocenters. The number of carbonyl (C=O) groups is 1. The monoisotopic (exact) mass is 392 g/mol. The van der Waals surface area contributed by atoms with Gasteiger partial charge in [0.2, 0.25) is 0 Å². The normalized spacial score (nSPS) is 11.4. The number of aromatic nitrogens is 1. The summed E-state index contributed by atoms with van der Waals surface area (Å²) in [5.74, 6) is -0.500. The van der Waals surface area contributed by atoms with Gasteiger partial charge in [-0.15, -0.1) is 0 Å². The molecule has 0 aliphatic rings. The third-order valence-electron chi connectivity index (χ3n) is 4.48. The predicted molar refractivity (Wildman–Crippen MR) is 107 cm³/mol. The summed E-state index contributed by atoms with van der Waals surface area (Å²) in [4.78, 5) is 17.6. The van der Waals surface area contributed by atoms with Gasteiger partial charge in [-0.3, -0.25) is 4.79 Å². The number of fused-ring (bicyclic) bond motifs is 1. The third-order valence-corrected chi connectivity index (χ3v) is 4.48. The van der Waals surface area contributed by atoms with Gasteiger partial charge in [-0.25, -0.2) is 4.98 Å². The van der Waals surface area contributed by atoms with Crippen molar-refractivity contribution in [3.05, 3.63) is 96.1 Å². The van der Waals surface area contributed by atoms with Crippen LogP contribution in [0.4, 0.5) is 18.9 Å². The number of amides is 1. The highest BCUT2D eigenvalue weighted by atomic mass is 19.4. The Kier molecular flexibility index (Phi) is 4.76. The summed E-state index contributed by atoms with van der Waals surface area (Å²) in [5, 5.41) is 3.20. The molecule has 1 heterocycles. The topological polar surface area (TPSA) is 42.0 Å². The molecule has 1 amide bonds. The van der Waals surface area contributed by atoms with Gasteiger partial charge < -0.3 is 5.32 Å². The Labute approximate surface area is 164 Å². The Morgan fingerprint density at radius 3 is 2.31 bits per heavy atom. The number of pyridine rings is 1. The number of carbonyl (C=O) groups excluding carboxylic acids is 1. The average molecular weight is 392 g/mol. The fourth-order valence-electron chi connectivity index (χ4n) is 3.09. The number of hydrogen-bond acceptors (Lipinski definition) is 2. The number of halogens is 3. The van der Waals surface area contributed by atoms with E-state index in [1.54, 1.807) is 24.3 Å². The van der Waals surface area contributed by atoms with Gasteiger partial charge in [0, 0.05) is 16.6 Å². The van der Waals surface area contributed by atoms with Crippen molar-refractivity contribution in [1.82, 2.24) is 4.98 Å².